The minimum Gasteiger partial charge on any atom is -0.497 e. The van der Waals surface area contributed by atoms with Gasteiger partial charge < -0.3 is 49.6 Å². The number of likely N-dealkylation sites (N-methyl/N-ethyl adjacent to an activating group) is 1. The molecule has 1 saturated carbocycles. The minimum absolute atomic E-state index is 0. The second-order valence-electron chi connectivity index (χ2n) is 22.7. The lowest BCUT2D eigenvalue weighted by atomic mass is 9.72. The van der Waals surface area contributed by atoms with Crippen molar-refractivity contribution in [2.45, 2.75) is 99.5 Å². The van der Waals surface area contributed by atoms with Crippen molar-refractivity contribution < 1.29 is 46.4 Å². The molecule has 89 heavy (non-hydrogen) atoms. The van der Waals surface area contributed by atoms with Gasteiger partial charge in [0.05, 0.1) is 34.9 Å². The zero-order valence-corrected chi connectivity index (χ0v) is 55.0. The van der Waals surface area contributed by atoms with Gasteiger partial charge >= 0.3 is 6.18 Å². The van der Waals surface area contributed by atoms with E-state index >= 15 is 0 Å². The minimum atomic E-state index is -4.33. The van der Waals surface area contributed by atoms with Crippen molar-refractivity contribution in [1.82, 2.24) is 20.9 Å². The van der Waals surface area contributed by atoms with Gasteiger partial charge in [-0.25, -0.2) is 4.39 Å². The van der Waals surface area contributed by atoms with E-state index in [1.807, 2.05) is 99.0 Å². The molecule has 0 amide bonds. The standard InChI is InChI=1S/C19H20FNO3.C17H17Cl2N.C17H18F3NO.C17H27NO2.3ClH/c20-15-3-1-13(2-4-15)17-7-8-21-10-14(17)11-22-16-5-6-18-19(9-16)24-12-23-18;1-20-17-9-7-12(13-4-2-3-5-14(13)17)11-6-8-15(18)16(19)10-11;1-21-12-11-16(13-5-3-2-4-6-13)22-15-9-7-14(8-10-15)17(18,19)20;1-18(2)13-16(17(19)11-5-4-6-12-17)14-7-9-15(20-3)10-8-14;;;/h1-6,9,14,17,21H,7-8,10-12H2;2-6,8,10,12,17,20H,7,9H2,1H3;2-10,16,21H,11-12H2,1H3;7-10,16,19H,4-6,11-13H2,1-3H3;3*1H/t14-,17-;12-,17-;;;;;/m00...../s1. The highest BCUT2D eigenvalue weighted by Crippen LogP contribution is 2.44. The van der Waals surface area contributed by atoms with E-state index in [-0.39, 0.29) is 61.9 Å². The summed E-state index contributed by atoms with van der Waals surface area (Å²) >= 11 is 12.2. The Labute approximate surface area is 551 Å². The smallest absolute Gasteiger partial charge is 0.416 e. The van der Waals surface area contributed by atoms with E-state index in [9.17, 15) is 22.7 Å². The lowest BCUT2D eigenvalue weighted by molar-refractivity contribution is -0.137. The monoisotopic (exact) mass is 1330 g/mol. The summed E-state index contributed by atoms with van der Waals surface area (Å²) in [4.78, 5) is 2.17. The summed E-state index contributed by atoms with van der Waals surface area (Å²) in [6.07, 6.45) is 4.83. The average Bonchev–Trinajstić information content (AvgIpc) is 3.44. The Morgan fingerprint density at radius 1 is 0.697 bits per heavy atom. The van der Waals surface area contributed by atoms with E-state index in [1.165, 1.54) is 58.5 Å². The first-order valence-corrected chi connectivity index (χ1v) is 30.6. The molecule has 0 spiro atoms. The van der Waals surface area contributed by atoms with Crippen molar-refractivity contribution >= 4 is 60.4 Å². The van der Waals surface area contributed by atoms with E-state index < -0.39 is 17.3 Å². The molecule has 7 aromatic rings. The number of hydrogen-bond donors (Lipinski definition) is 4. The van der Waals surface area contributed by atoms with Gasteiger partial charge in [-0.05, 0) is 185 Å². The number of rotatable bonds is 17. The highest BCUT2D eigenvalue weighted by atomic mass is 35.5. The number of nitrogens with zero attached hydrogens (tertiary/aromatic N) is 1. The first-order chi connectivity index (χ1) is 41.5. The fraction of sp³-hybridized carbons (Fsp3) is 0.400. The van der Waals surface area contributed by atoms with Crippen molar-refractivity contribution in [2.75, 3.05) is 74.9 Å². The predicted molar refractivity (Wildman–Crippen MR) is 358 cm³/mol. The molecule has 11 rings (SSSR count). The number of alkyl halides is 3. The first kappa shape index (κ1) is 74.2. The molecule has 19 heteroatoms. The van der Waals surface area contributed by atoms with Gasteiger partial charge in [0.2, 0.25) is 6.79 Å². The van der Waals surface area contributed by atoms with E-state index in [0.717, 1.165) is 118 Å². The lowest BCUT2D eigenvalue weighted by Gasteiger charge is -2.40. The quantitative estimate of drug-likeness (QED) is 0.0659. The molecule has 2 heterocycles. The summed E-state index contributed by atoms with van der Waals surface area (Å²) in [6.45, 7) is 4.37. The Morgan fingerprint density at radius 2 is 1.34 bits per heavy atom. The molecule has 484 valence electrons. The summed E-state index contributed by atoms with van der Waals surface area (Å²) in [5.74, 6) is 4.66. The Balaban J connectivity index is 0.000000214. The molecule has 0 radical (unpaired) electrons. The van der Waals surface area contributed by atoms with Crippen LogP contribution in [0, 0.1) is 11.7 Å². The number of piperidine rings is 1. The van der Waals surface area contributed by atoms with Gasteiger partial charge in [-0.3, -0.25) is 0 Å². The van der Waals surface area contributed by atoms with E-state index in [2.05, 4.69) is 77.4 Å². The maximum atomic E-state index is 13.2. The highest BCUT2D eigenvalue weighted by Gasteiger charge is 2.39. The summed E-state index contributed by atoms with van der Waals surface area (Å²) in [6, 6.07) is 50.2. The Hall–Kier alpha value is -5.49. The van der Waals surface area contributed by atoms with Gasteiger partial charge in [-0.1, -0.05) is 127 Å². The van der Waals surface area contributed by atoms with Gasteiger partial charge in [0, 0.05) is 49.4 Å². The molecule has 6 atom stereocenters. The van der Waals surface area contributed by atoms with Crippen LogP contribution in [0.5, 0.6) is 28.7 Å². The third-order valence-corrected chi connectivity index (χ3v) is 17.4. The zero-order chi connectivity index (χ0) is 61.1. The molecule has 2 fully saturated rings. The van der Waals surface area contributed by atoms with Gasteiger partial charge in [0.25, 0.3) is 0 Å². The first-order valence-electron chi connectivity index (χ1n) is 29.8. The van der Waals surface area contributed by atoms with Crippen LogP contribution < -0.4 is 39.6 Å². The molecule has 0 bridgehead atoms. The second-order valence-corrected chi connectivity index (χ2v) is 23.5. The molecule has 7 aromatic carbocycles. The van der Waals surface area contributed by atoms with Gasteiger partial charge in [0.1, 0.15) is 29.2 Å². The molecular weight excluding hydrogens is 1250 g/mol. The number of fused-ring (bicyclic) bond motifs is 2. The summed E-state index contributed by atoms with van der Waals surface area (Å²) in [5, 5.41) is 22.2. The van der Waals surface area contributed by atoms with Gasteiger partial charge in [0.15, 0.2) is 11.5 Å². The highest BCUT2D eigenvalue weighted by molar-refractivity contribution is 6.42. The maximum absolute atomic E-state index is 13.2. The van der Waals surface area contributed by atoms with Crippen molar-refractivity contribution in [1.29, 1.82) is 0 Å². The number of aliphatic hydroxyl groups is 1. The molecule has 2 aliphatic heterocycles. The molecule has 4 aliphatic rings. The Kier molecular flexibility index (Phi) is 30.5. The molecule has 10 nitrogen and oxygen atoms in total. The number of ether oxygens (including phenoxy) is 5. The van der Waals surface area contributed by atoms with E-state index in [4.69, 9.17) is 46.9 Å². The zero-order valence-electron chi connectivity index (χ0n) is 51.1. The third kappa shape index (κ3) is 21.3. The van der Waals surface area contributed by atoms with Crippen molar-refractivity contribution in [2.24, 2.45) is 5.92 Å². The van der Waals surface area contributed by atoms with Crippen LogP contribution in [-0.2, 0) is 6.18 Å². The largest absolute Gasteiger partial charge is 0.497 e. The fourth-order valence-electron chi connectivity index (χ4n) is 12.0. The number of methoxy groups -OCH3 is 1. The Bertz CT molecular complexity index is 3170. The molecular formula is C70H85Cl5F4N4O6. The molecule has 4 N–H and O–H groups in total. The molecule has 1 saturated heterocycles. The maximum Gasteiger partial charge on any atom is 0.416 e. The van der Waals surface area contributed by atoms with Crippen LogP contribution in [0.25, 0.3) is 0 Å². The van der Waals surface area contributed by atoms with Gasteiger partial charge in [-0.2, -0.15) is 13.2 Å². The van der Waals surface area contributed by atoms with Crippen molar-refractivity contribution in [3.8, 4) is 28.7 Å². The molecule has 0 aromatic heterocycles. The average molecular weight is 1330 g/mol. The SMILES string of the molecule is CNCCC(Oc1ccc(C(F)(F)F)cc1)c1ccccc1.CN[C@H]1CC[C@@H](c2ccc(Cl)c(Cl)c2)c2ccccc21.COc1ccc(C(CN(C)C)C2(O)CCCCC2)cc1.Cl.Cl.Cl.Fc1ccc([C@@H]2CCNC[C@H]2COc2ccc3c(c2)OCO3)cc1. The fourth-order valence-corrected chi connectivity index (χ4v) is 12.3. The van der Waals surface area contributed by atoms with Gasteiger partial charge in [-0.15, -0.1) is 37.2 Å². The number of halogens is 9. The number of hydrogen-bond acceptors (Lipinski definition) is 10. The number of benzene rings is 7. The summed E-state index contributed by atoms with van der Waals surface area (Å²) < 4.78 is 78.6. The third-order valence-electron chi connectivity index (χ3n) is 16.6. The van der Waals surface area contributed by atoms with Crippen LogP contribution in [0.15, 0.2) is 164 Å². The Morgan fingerprint density at radius 3 is 1.98 bits per heavy atom. The second kappa shape index (κ2) is 36.5. The molecule has 2 aliphatic carbocycles. The van der Waals surface area contributed by atoms with Crippen LogP contribution in [-0.4, -0.2) is 90.5 Å². The molecule has 2 unspecified atom stereocenters. The summed E-state index contributed by atoms with van der Waals surface area (Å²) in [7, 11) is 9.70. The lowest BCUT2D eigenvalue weighted by Crippen LogP contribution is -2.42. The van der Waals surface area contributed by atoms with Crippen LogP contribution in [0.3, 0.4) is 0 Å². The van der Waals surface area contributed by atoms with Crippen LogP contribution >= 0.6 is 60.4 Å². The van der Waals surface area contributed by atoms with E-state index in [1.54, 1.807) is 7.11 Å². The van der Waals surface area contributed by atoms with Crippen LogP contribution in [0.4, 0.5) is 17.6 Å². The number of nitrogens with one attached hydrogen (secondary N) is 3. The van der Waals surface area contributed by atoms with Crippen molar-refractivity contribution in [3.05, 3.63) is 219 Å². The summed E-state index contributed by atoms with van der Waals surface area (Å²) in [5.41, 5.74) is 6.21. The predicted octanol–water partition coefficient (Wildman–Crippen LogP) is 17.2. The normalized spacial score (nSPS) is 18.5. The topological polar surface area (TPSA) is 106 Å². The van der Waals surface area contributed by atoms with Crippen LogP contribution in [0.1, 0.15) is 127 Å². The van der Waals surface area contributed by atoms with E-state index in [0.29, 0.717) is 46.2 Å². The van der Waals surface area contributed by atoms with Crippen LogP contribution in [0.2, 0.25) is 10.0 Å². The van der Waals surface area contributed by atoms with Crippen molar-refractivity contribution in [3.63, 3.8) is 0 Å².